The minimum absolute atomic E-state index is 0.157. The third-order valence-corrected chi connectivity index (χ3v) is 3.71. The molecule has 0 saturated heterocycles. The van der Waals surface area contributed by atoms with Crippen molar-refractivity contribution in [3.05, 3.63) is 35.9 Å². The van der Waals surface area contributed by atoms with E-state index in [0.717, 1.165) is 32.1 Å². The molecule has 18 heavy (non-hydrogen) atoms. The number of carbonyl (C=O) groups is 1. The lowest BCUT2D eigenvalue weighted by Crippen LogP contribution is -2.51. The smallest absolute Gasteiger partial charge is 0.248 e. The van der Waals surface area contributed by atoms with E-state index in [1.807, 2.05) is 18.2 Å². The summed E-state index contributed by atoms with van der Waals surface area (Å²) < 4.78 is 0. The molecule has 0 aromatic heterocycles. The van der Waals surface area contributed by atoms with Gasteiger partial charge in [0.05, 0.1) is 0 Å². The van der Waals surface area contributed by atoms with Gasteiger partial charge in [0.2, 0.25) is 5.91 Å². The Hall–Kier alpha value is -1.35. The first-order valence-electron chi connectivity index (χ1n) is 6.65. The second kappa shape index (κ2) is 5.53. The van der Waals surface area contributed by atoms with Crippen molar-refractivity contribution in [2.45, 2.75) is 50.7 Å². The van der Waals surface area contributed by atoms with Crippen LogP contribution in [0.25, 0.3) is 0 Å². The second-order valence-electron chi connectivity index (χ2n) is 5.32. The van der Waals surface area contributed by atoms with Crippen LogP contribution >= 0.6 is 0 Å². The van der Waals surface area contributed by atoms with Gasteiger partial charge in [0.1, 0.15) is 6.10 Å². The fraction of sp³-hybridized carbons (Fsp3) is 0.533. The van der Waals surface area contributed by atoms with E-state index < -0.39 is 6.10 Å². The van der Waals surface area contributed by atoms with Crippen LogP contribution in [0.4, 0.5) is 0 Å². The Bertz CT molecular complexity index is 394. The first-order chi connectivity index (χ1) is 8.61. The van der Waals surface area contributed by atoms with Crippen LogP contribution in [-0.4, -0.2) is 22.7 Å². The zero-order chi connectivity index (χ0) is 13.0. The molecule has 2 rings (SSSR count). The lowest BCUT2D eigenvalue weighted by Gasteiger charge is -2.31. The summed E-state index contributed by atoms with van der Waals surface area (Å²) in [6.07, 6.45) is 4.21. The normalized spacial score (nSPS) is 19.4. The predicted molar refractivity (Wildman–Crippen MR) is 71.2 cm³/mol. The van der Waals surface area contributed by atoms with Crippen LogP contribution < -0.4 is 5.32 Å². The number of amides is 1. The van der Waals surface area contributed by atoms with E-state index >= 15 is 0 Å². The Morgan fingerprint density at radius 2 is 1.94 bits per heavy atom. The molecule has 1 aromatic rings. The average Bonchev–Trinajstić information content (AvgIpc) is 2.78. The number of rotatable bonds is 4. The van der Waals surface area contributed by atoms with Crippen molar-refractivity contribution in [3.63, 3.8) is 0 Å². The fourth-order valence-electron chi connectivity index (χ4n) is 2.75. The van der Waals surface area contributed by atoms with E-state index in [9.17, 15) is 9.90 Å². The summed E-state index contributed by atoms with van der Waals surface area (Å²) in [5.74, 6) is -0.257. The molecule has 3 nitrogen and oxygen atoms in total. The van der Waals surface area contributed by atoms with Gasteiger partial charge in [0.15, 0.2) is 0 Å². The highest BCUT2D eigenvalue weighted by atomic mass is 16.3. The van der Waals surface area contributed by atoms with Gasteiger partial charge in [-0.1, -0.05) is 43.2 Å². The van der Waals surface area contributed by atoms with Gasteiger partial charge in [-0.3, -0.25) is 4.79 Å². The van der Waals surface area contributed by atoms with Crippen LogP contribution in [0.5, 0.6) is 0 Å². The molecule has 1 unspecified atom stereocenters. The summed E-state index contributed by atoms with van der Waals surface area (Å²) in [6.45, 7) is 1.51. The summed E-state index contributed by atoms with van der Waals surface area (Å²) in [5.41, 5.74) is 1.08. The Morgan fingerprint density at radius 3 is 2.50 bits per heavy atom. The highest BCUT2D eigenvalue weighted by Crippen LogP contribution is 2.32. The van der Waals surface area contributed by atoms with Crippen molar-refractivity contribution in [3.8, 4) is 0 Å². The van der Waals surface area contributed by atoms with E-state index in [4.69, 9.17) is 0 Å². The quantitative estimate of drug-likeness (QED) is 0.855. The Kier molecular flexibility index (Phi) is 4.02. The predicted octanol–water partition coefficient (Wildman–Crippen LogP) is 2.04. The number of carbonyl (C=O) groups excluding carboxylic acids is 1. The molecule has 2 N–H and O–H groups in total. The molecule has 0 aliphatic heterocycles. The standard InChI is InChI=1S/C15H21NO2/c1-12(17)14(18)16-15(9-5-6-10-15)11-13-7-3-2-4-8-13/h2-4,7-8,12,17H,5-6,9-11H2,1H3,(H,16,18). The Labute approximate surface area is 108 Å². The Morgan fingerprint density at radius 1 is 1.33 bits per heavy atom. The topological polar surface area (TPSA) is 49.3 Å². The summed E-state index contributed by atoms with van der Waals surface area (Å²) in [5, 5.41) is 12.4. The first kappa shape index (κ1) is 13.1. The van der Waals surface area contributed by atoms with E-state index in [2.05, 4.69) is 17.4 Å². The number of aliphatic hydroxyl groups excluding tert-OH is 1. The number of hydrogen-bond acceptors (Lipinski definition) is 2. The molecule has 0 radical (unpaired) electrons. The van der Waals surface area contributed by atoms with Gasteiger partial charge < -0.3 is 10.4 Å². The van der Waals surface area contributed by atoms with Gasteiger partial charge in [0, 0.05) is 5.54 Å². The SMILES string of the molecule is CC(O)C(=O)NC1(Cc2ccccc2)CCCC1. The Balaban J connectivity index is 2.10. The molecule has 1 aliphatic carbocycles. The lowest BCUT2D eigenvalue weighted by atomic mass is 9.89. The van der Waals surface area contributed by atoms with Gasteiger partial charge in [-0.2, -0.15) is 0 Å². The average molecular weight is 247 g/mol. The molecular weight excluding hydrogens is 226 g/mol. The van der Waals surface area contributed by atoms with Crippen LogP contribution in [0.3, 0.4) is 0 Å². The van der Waals surface area contributed by atoms with Crippen molar-refractivity contribution in [1.82, 2.24) is 5.32 Å². The summed E-state index contributed by atoms with van der Waals surface area (Å²) in [6, 6.07) is 10.2. The van der Waals surface area contributed by atoms with Crippen LogP contribution in [0, 0.1) is 0 Å². The summed E-state index contributed by atoms with van der Waals surface area (Å²) >= 11 is 0. The molecule has 98 valence electrons. The van der Waals surface area contributed by atoms with Crippen molar-refractivity contribution in [1.29, 1.82) is 0 Å². The highest BCUT2D eigenvalue weighted by Gasteiger charge is 2.35. The third kappa shape index (κ3) is 3.10. The van der Waals surface area contributed by atoms with E-state index in [-0.39, 0.29) is 11.4 Å². The molecule has 0 heterocycles. The molecule has 1 amide bonds. The van der Waals surface area contributed by atoms with Gasteiger partial charge in [0.25, 0.3) is 0 Å². The number of aliphatic hydroxyl groups is 1. The monoisotopic (exact) mass is 247 g/mol. The molecule has 1 atom stereocenters. The van der Waals surface area contributed by atoms with Crippen LogP contribution in [0.1, 0.15) is 38.2 Å². The summed E-state index contributed by atoms with van der Waals surface area (Å²) in [4.78, 5) is 11.7. The number of nitrogens with one attached hydrogen (secondary N) is 1. The van der Waals surface area contributed by atoms with Crippen molar-refractivity contribution in [2.24, 2.45) is 0 Å². The van der Waals surface area contributed by atoms with Crippen molar-refractivity contribution in [2.75, 3.05) is 0 Å². The largest absolute Gasteiger partial charge is 0.384 e. The van der Waals surface area contributed by atoms with E-state index in [0.29, 0.717) is 0 Å². The van der Waals surface area contributed by atoms with E-state index in [1.54, 1.807) is 0 Å². The summed E-state index contributed by atoms with van der Waals surface area (Å²) in [7, 11) is 0. The lowest BCUT2D eigenvalue weighted by molar-refractivity contribution is -0.130. The number of benzene rings is 1. The third-order valence-electron chi connectivity index (χ3n) is 3.71. The maximum Gasteiger partial charge on any atom is 0.248 e. The molecule has 1 aliphatic rings. The van der Waals surface area contributed by atoms with Crippen LogP contribution in [0.15, 0.2) is 30.3 Å². The highest BCUT2D eigenvalue weighted by molar-refractivity contribution is 5.80. The minimum atomic E-state index is -0.932. The van der Waals surface area contributed by atoms with Crippen molar-refractivity contribution < 1.29 is 9.90 Å². The van der Waals surface area contributed by atoms with Gasteiger partial charge >= 0.3 is 0 Å². The molecule has 3 heteroatoms. The zero-order valence-corrected chi connectivity index (χ0v) is 10.9. The minimum Gasteiger partial charge on any atom is -0.384 e. The molecule has 1 saturated carbocycles. The molecule has 1 fully saturated rings. The molecular formula is C15H21NO2. The van der Waals surface area contributed by atoms with E-state index in [1.165, 1.54) is 12.5 Å². The second-order valence-corrected chi connectivity index (χ2v) is 5.32. The van der Waals surface area contributed by atoms with Crippen molar-refractivity contribution >= 4 is 5.91 Å². The van der Waals surface area contributed by atoms with Gasteiger partial charge in [-0.25, -0.2) is 0 Å². The van der Waals surface area contributed by atoms with Crippen LogP contribution in [0.2, 0.25) is 0 Å². The molecule has 1 aromatic carbocycles. The van der Waals surface area contributed by atoms with Crippen LogP contribution in [-0.2, 0) is 11.2 Å². The molecule has 0 bridgehead atoms. The first-order valence-corrected chi connectivity index (χ1v) is 6.65. The number of hydrogen-bond donors (Lipinski definition) is 2. The molecule has 0 spiro atoms. The maximum absolute atomic E-state index is 11.7. The fourth-order valence-corrected chi connectivity index (χ4v) is 2.75. The van der Waals surface area contributed by atoms with Gasteiger partial charge in [-0.15, -0.1) is 0 Å². The van der Waals surface area contributed by atoms with Gasteiger partial charge in [-0.05, 0) is 31.7 Å². The maximum atomic E-state index is 11.7. The zero-order valence-electron chi connectivity index (χ0n) is 10.9.